The van der Waals surface area contributed by atoms with Crippen molar-refractivity contribution in [2.75, 3.05) is 0 Å². The predicted molar refractivity (Wildman–Crippen MR) is 32.5 cm³/mol. The summed E-state index contributed by atoms with van der Waals surface area (Å²) in [4.78, 5) is 0.891. The molecule has 0 heterocycles. The van der Waals surface area contributed by atoms with Crippen molar-refractivity contribution in [2.45, 2.75) is 4.90 Å². The number of hydrogen-bond acceptors (Lipinski definition) is 1. The summed E-state index contributed by atoms with van der Waals surface area (Å²) in [5, 5.41) is 0. The van der Waals surface area contributed by atoms with Crippen molar-refractivity contribution in [1.29, 1.82) is 0 Å². The Kier molecular flexibility index (Phi) is 4.17. The van der Waals surface area contributed by atoms with Crippen LogP contribution in [0.25, 0.3) is 0 Å². The number of rotatable bonds is 0. The standard InChI is InChI=1S/C6H5S.Li/c7-6-4-2-1-3-5-6;/h1-4,7H;/q-1;+1. The van der Waals surface area contributed by atoms with Gasteiger partial charge in [0.2, 0.25) is 0 Å². The van der Waals surface area contributed by atoms with E-state index >= 15 is 0 Å². The number of benzene rings is 1. The van der Waals surface area contributed by atoms with Crippen LogP contribution in [0.3, 0.4) is 0 Å². The van der Waals surface area contributed by atoms with E-state index in [1.165, 1.54) is 0 Å². The zero-order valence-electron chi connectivity index (χ0n) is 4.76. The fourth-order valence-corrected chi connectivity index (χ4v) is 0.544. The van der Waals surface area contributed by atoms with E-state index in [0.717, 1.165) is 4.90 Å². The monoisotopic (exact) mass is 116 g/mol. The van der Waals surface area contributed by atoms with Gasteiger partial charge in [0.1, 0.15) is 0 Å². The third-order valence-electron chi connectivity index (χ3n) is 0.693. The average Bonchev–Trinajstić information content (AvgIpc) is 1.69. The van der Waals surface area contributed by atoms with Gasteiger partial charge < -0.3 is 0 Å². The summed E-state index contributed by atoms with van der Waals surface area (Å²) >= 11 is 4.03. The molecule has 0 unspecified atom stereocenters. The van der Waals surface area contributed by atoms with Crippen molar-refractivity contribution < 1.29 is 18.9 Å². The van der Waals surface area contributed by atoms with Crippen molar-refractivity contribution in [3.8, 4) is 0 Å². The minimum atomic E-state index is 0. The van der Waals surface area contributed by atoms with Crippen LogP contribution in [0, 0.1) is 6.07 Å². The second-order valence-corrected chi connectivity index (χ2v) is 1.73. The van der Waals surface area contributed by atoms with Crippen LogP contribution in [0.1, 0.15) is 0 Å². The molecule has 0 aliphatic rings. The van der Waals surface area contributed by atoms with E-state index in [1.807, 2.05) is 24.3 Å². The normalized spacial score (nSPS) is 7.62. The maximum atomic E-state index is 4.03. The van der Waals surface area contributed by atoms with Gasteiger partial charge >= 0.3 is 18.9 Å². The molecule has 0 spiro atoms. The molecule has 0 radical (unpaired) electrons. The van der Waals surface area contributed by atoms with Gasteiger partial charge in [0.05, 0.1) is 0 Å². The maximum absolute atomic E-state index is 4.03. The topological polar surface area (TPSA) is 0 Å². The smallest absolute Gasteiger partial charge is 0.176 e. The van der Waals surface area contributed by atoms with Crippen LogP contribution in [0.15, 0.2) is 29.2 Å². The van der Waals surface area contributed by atoms with E-state index in [2.05, 4.69) is 18.7 Å². The maximum Gasteiger partial charge on any atom is 1.00 e. The van der Waals surface area contributed by atoms with Crippen LogP contribution in [0.2, 0.25) is 0 Å². The van der Waals surface area contributed by atoms with Gasteiger partial charge in [-0.15, -0.1) is 4.90 Å². The van der Waals surface area contributed by atoms with Gasteiger partial charge in [0, 0.05) is 0 Å². The van der Waals surface area contributed by atoms with Crippen molar-refractivity contribution in [3.63, 3.8) is 0 Å². The largest absolute Gasteiger partial charge is 1.00 e. The summed E-state index contributed by atoms with van der Waals surface area (Å²) in [5.74, 6) is 0. The van der Waals surface area contributed by atoms with E-state index in [4.69, 9.17) is 0 Å². The van der Waals surface area contributed by atoms with Crippen molar-refractivity contribution in [1.82, 2.24) is 0 Å². The SMILES string of the molecule is Sc1[c-]cccc1.[Li+]. The van der Waals surface area contributed by atoms with E-state index < -0.39 is 0 Å². The van der Waals surface area contributed by atoms with E-state index in [0.29, 0.717) is 0 Å². The number of hydrogen-bond donors (Lipinski definition) is 1. The first kappa shape index (κ1) is 8.17. The first-order valence-electron chi connectivity index (χ1n) is 2.05. The summed E-state index contributed by atoms with van der Waals surface area (Å²) in [6.07, 6.45) is 0. The van der Waals surface area contributed by atoms with Crippen LogP contribution in [-0.2, 0) is 0 Å². The Morgan fingerprint density at radius 1 is 1.38 bits per heavy atom. The second-order valence-electron chi connectivity index (χ2n) is 1.25. The molecule has 1 rings (SSSR count). The zero-order valence-corrected chi connectivity index (χ0v) is 5.65. The third-order valence-corrected chi connectivity index (χ3v) is 0.971. The summed E-state index contributed by atoms with van der Waals surface area (Å²) in [6.45, 7) is 0. The van der Waals surface area contributed by atoms with Crippen LogP contribution in [-0.4, -0.2) is 0 Å². The van der Waals surface area contributed by atoms with Gasteiger partial charge in [-0.2, -0.15) is 43.0 Å². The van der Waals surface area contributed by atoms with E-state index in [1.54, 1.807) is 0 Å². The summed E-state index contributed by atoms with van der Waals surface area (Å²) < 4.78 is 0. The molecular weight excluding hydrogens is 111 g/mol. The average molecular weight is 116 g/mol. The molecule has 0 fully saturated rings. The Hall–Kier alpha value is 0.167. The van der Waals surface area contributed by atoms with Crippen molar-refractivity contribution in [2.24, 2.45) is 0 Å². The van der Waals surface area contributed by atoms with Gasteiger partial charge in [-0.1, -0.05) is 0 Å². The van der Waals surface area contributed by atoms with E-state index in [-0.39, 0.29) is 18.9 Å². The van der Waals surface area contributed by atoms with Gasteiger partial charge in [0.15, 0.2) is 0 Å². The molecule has 1 aromatic carbocycles. The van der Waals surface area contributed by atoms with Crippen LogP contribution in [0.5, 0.6) is 0 Å². The molecule has 0 nitrogen and oxygen atoms in total. The summed E-state index contributed by atoms with van der Waals surface area (Å²) in [5.41, 5.74) is 0. The van der Waals surface area contributed by atoms with Crippen LogP contribution < -0.4 is 18.9 Å². The Morgan fingerprint density at radius 3 is 2.38 bits per heavy atom. The summed E-state index contributed by atoms with van der Waals surface area (Å²) in [7, 11) is 0. The molecule has 2 heteroatoms. The minimum Gasteiger partial charge on any atom is -0.176 e. The third kappa shape index (κ3) is 2.47. The van der Waals surface area contributed by atoms with Gasteiger partial charge in [-0.3, -0.25) is 0 Å². The van der Waals surface area contributed by atoms with Crippen LogP contribution >= 0.6 is 12.6 Å². The quantitative estimate of drug-likeness (QED) is 0.245. The molecule has 0 atom stereocenters. The molecule has 0 aliphatic heterocycles. The van der Waals surface area contributed by atoms with Gasteiger partial charge in [-0.05, 0) is 0 Å². The molecule has 0 N–H and O–H groups in total. The first-order chi connectivity index (χ1) is 3.39. The fraction of sp³-hybridized carbons (Fsp3) is 0. The molecular formula is C6H5LiS. The molecule has 1 aromatic rings. The van der Waals surface area contributed by atoms with Crippen molar-refractivity contribution >= 4 is 12.6 Å². The Labute approximate surface area is 66.9 Å². The van der Waals surface area contributed by atoms with Crippen molar-refractivity contribution in [3.05, 3.63) is 30.3 Å². The molecule has 8 heavy (non-hydrogen) atoms. The molecule has 0 saturated carbocycles. The molecule has 0 saturated heterocycles. The predicted octanol–water partition coefficient (Wildman–Crippen LogP) is -1.22. The Morgan fingerprint density at radius 2 is 2.12 bits per heavy atom. The molecule has 0 aliphatic carbocycles. The summed E-state index contributed by atoms with van der Waals surface area (Å²) in [6, 6.07) is 10.5. The molecule has 0 amide bonds. The Bertz CT molecular complexity index is 138. The zero-order chi connectivity index (χ0) is 5.11. The number of thiol groups is 1. The van der Waals surface area contributed by atoms with E-state index in [9.17, 15) is 0 Å². The molecule has 36 valence electrons. The molecule has 0 aromatic heterocycles. The minimum absolute atomic E-state index is 0. The van der Waals surface area contributed by atoms with Gasteiger partial charge in [0.25, 0.3) is 0 Å². The van der Waals surface area contributed by atoms with Crippen LogP contribution in [0.4, 0.5) is 0 Å². The fourth-order valence-electron chi connectivity index (χ4n) is 0.384. The second kappa shape index (κ2) is 4.09. The molecule has 0 bridgehead atoms. The van der Waals surface area contributed by atoms with Gasteiger partial charge in [-0.25, -0.2) is 0 Å². The Balaban J connectivity index is 0.000000490. The first-order valence-corrected chi connectivity index (χ1v) is 2.50.